The van der Waals surface area contributed by atoms with E-state index < -0.39 is 156 Å². The van der Waals surface area contributed by atoms with Gasteiger partial charge in [0.25, 0.3) is 0 Å². The molecule has 3 fully saturated rings. The van der Waals surface area contributed by atoms with Crippen molar-refractivity contribution in [1.82, 2.24) is 0 Å². The Labute approximate surface area is 587 Å². The lowest BCUT2D eigenvalue weighted by atomic mass is 9.84. The molecule has 18 unspecified atom stereocenters. The van der Waals surface area contributed by atoms with Gasteiger partial charge in [0.05, 0.1) is 13.2 Å². The first-order chi connectivity index (χ1) is 47.3. The Balaban J connectivity index is 1.72. The Hall–Kier alpha value is -2.04. The number of hydrogen-bond acceptors (Lipinski definition) is 23. The molecule has 1 saturated carbocycles. The highest BCUT2D eigenvalue weighted by Gasteiger charge is 2.58. The van der Waals surface area contributed by atoms with Gasteiger partial charge in [0, 0.05) is 19.3 Å². The van der Waals surface area contributed by atoms with Gasteiger partial charge < -0.3 is 89.1 Å². The van der Waals surface area contributed by atoms with E-state index in [1.165, 1.54) is 167 Å². The Morgan fingerprint density at radius 1 is 0.357 bits per heavy atom. The van der Waals surface area contributed by atoms with Crippen LogP contribution < -0.4 is 0 Å². The molecule has 3 aliphatic rings. The highest BCUT2D eigenvalue weighted by Crippen LogP contribution is 2.49. The Kier molecular flexibility index (Phi) is 51.0. The first kappa shape index (κ1) is 90.2. The molecule has 0 aromatic heterocycles. The number of carbonyl (C=O) groups is 3. The fraction of sp³-hybridized carbons (Fsp3) is 0.959. The zero-order valence-corrected chi connectivity index (χ0v) is 61.2. The third kappa shape index (κ3) is 38.1. The second-order valence-corrected chi connectivity index (χ2v) is 29.5. The van der Waals surface area contributed by atoms with Crippen LogP contribution in [0.4, 0.5) is 0 Å². The predicted octanol–water partition coefficient (Wildman–Crippen LogP) is 11.0. The number of rotatable bonds is 61. The molecule has 0 radical (unpaired) electrons. The number of carbonyl (C=O) groups excluding carboxylic acids is 3. The van der Waals surface area contributed by atoms with E-state index in [9.17, 15) is 74.9 Å². The largest absolute Gasteiger partial charge is 0.472 e. The lowest BCUT2D eigenvalue weighted by molar-refractivity contribution is -0.360. The summed E-state index contributed by atoms with van der Waals surface area (Å²) in [5.74, 6) is -1.97. The lowest BCUT2D eigenvalue weighted by Crippen LogP contribution is -2.69. The van der Waals surface area contributed by atoms with Gasteiger partial charge in [-0.25, -0.2) is 4.57 Å². The summed E-state index contributed by atoms with van der Waals surface area (Å²) < 4.78 is 65.1. The van der Waals surface area contributed by atoms with Crippen molar-refractivity contribution < 1.29 is 117 Å². The monoisotopic (exact) mass is 1430 g/mol. The summed E-state index contributed by atoms with van der Waals surface area (Å²) >= 11 is 0. The Morgan fingerprint density at radius 3 is 1.00 bits per heavy atom. The summed E-state index contributed by atoms with van der Waals surface area (Å²) in [6.07, 6.45) is 13.0. The van der Waals surface area contributed by atoms with Crippen molar-refractivity contribution >= 4 is 25.7 Å². The molecule has 0 aromatic carbocycles. The Morgan fingerprint density at radius 2 is 0.653 bits per heavy atom. The normalized spacial score (nSPS) is 27.6. The molecule has 11 N–H and O–H groups in total. The number of aliphatic hydroxyl groups is 10. The third-order valence-corrected chi connectivity index (χ3v) is 20.4. The van der Waals surface area contributed by atoms with Gasteiger partial charge in [-0.15, -0.1) is 0 Å². The van der Waals surface area contributed by atoms with Gasteiger partial charge in [-0.3, -0.25) is 23.4 Å². The minimum absolute atomic E-state index is 0.0328. The van der Waals surface area contributed by atoms with Crippen molar-refractivity contribution in [3.05, 3.63) is 0 Å². The highest BCUT2D eigenvalue weighted by molar-refractivity contribution is 7.47. The molecular formula is C73H137O24P. The van der Waals surface area contributed by atoms with E-state index in [-0.39, 0.29) is 19.3 Å². The second kappa shape index (κ2) is 55.4. The highest BCUT2D eigenvalue weighted by atomic mass is 31.2. The second-order valence-electron chi connectivity index (χ2n) is 28.1. The van der Waals surface area contributed by atoms with E-state index in [2.05, 4.69) is 20.8 Å². The van der Waals surface area contributed by atoms with E-state index in [1.54, 1.807) is 0 Å². The van der Waals surface area contributed by atoms with Crippen LogP contribution in [0.15, 0.2) is 0 Å². The molecule has 2 aliphatic heterocycles. The molecule has 0 amide bonds. The van der Waals surface area contributed by atoms with Crippen molar-refractivity contribution in [1.29, 1.82) is 0 Å². The standard InChI is InChI=1S/C73H137O24P/c1-4-7-10-13-16-19-22-25-27-30-33-35-38-41-44-47-57(75)89-51-54(92-59(77)49-46-43-40-37-34-31-28-26-23-20-17-14-11-8-5-2)52-91-98(87,88)97-71-69(95-72-67(85)62(80)60(78)55(50-74)93-72)65(83)64(82)66(84)70(71)96-73-68(86)63(81)61(79)56(94-73)53-90-58(76)48-45-42-39-36-32-29-24-21-18-15-12-9-6-3/h54-56,60-74,78-86H,4-53H2,1-3H3,(H,87,88). The quantitative estimate of drug-likeness (QED) is 0.0117. The first-order valence-corrected chi connectivity index (χ1v) is 40.3. The maximum atomic E-state index is 14.3. The number of esters is 3. The molecule has 2 heterocycles. The molecular weight excluding hydrogens is 1290 g/mol. The summed E-state index contributed by atoms with van der Waals surface area (Å²) in [5, 5.41) is 110. The van der Waals surface area contributed by atoms with Crippen LogP contribution in [0, 0.1) is 0 Å². The summed E-state index contributed by atoms with van der Waals surface area (Å²) in [7, 11) is -5.69. The van der Waals surface area contributed by atoms with E-state index in [0.717, 1.165) is 89.9 Å². The number of hydrogen-bond donors (Lipinski definition) is 11. The maximum absolute atomic E-state index is 14.3. The lowest BCUT2D eigenvalue weighted by Gasteiger charge is -2.49. The SMILES string of the molecule is CCCCCCCCCCCCCCCCCC(=O)OCC(COP(=O)(O)OC1C(OC2OC(CO)C(O)C(O)C2O)C(O)C(O)C(O)C1OC1OC(COC(=O)CCCCCCCCCCCCCCC)C(O)C(O)C1O)OC(=O)CCCCCCCCCCCCCCCCC. The summed E-state index contributed by atoms with van der Waals surface area (Å²) in [4.78, 5) is 51.0. The van der Waals surface area contributed by atoms with Gasteiger partial charge in [-0.1, -0.05) is 278 Å². The molecule has 98 heavy (non-hydrogen) atoms. The molecule has 2 saturated heterocycles. The summed E-state index contributed by atoms with van der Waals surface area (Å²) in [5.41, 5.74) is 0. The Bertz CT molecular complexity index is 2030. The average Bonchev–Trinajstić information content (AvgIpc) is 0.763. The van der Waals surface area contributed by atoms with Crippen LogP contribution in [-0.2, 0) is 61.2 Å². The fourth-order valence-electron chi connectivity index (χ4n) is 13.1. The molecule has 18 atom stereocenters. The van der Waals surface area contributed by atoms with Gasteiger partial charge in [0.2, 0.25) is 0 Å². The molecule has 1 aliphatic carbocycles. The molecule has 578 valence electrons. The van der Waals surface area contributed by atoms with E-state index in [1.807, 2.05) is 0 Å². The van der Waals surface area contributed by atoms with E-state index in [0.29, 0.717) is 19.3 Å². The number of ether oxygens (including phenoxy) is 7. The van der Waals surface area contributed by atoms with Crippen LogP contribution in [0.3, 0.4) is 0 Å². The van der Waals surface area contributed by atoms with Gasteiger partial charge in [0.15, 0.2) is 18.7 Å². The van der Waals surface area contributed by atoms with Crippen LogP contribution in [0.2, 0.25) is 0 Å². The van der Waals surface area contributed by atoms with E-state index in [4.69, 9.17) is 42.2 Å². The molecule has 0 spiro atoms. The van der Waals surface area contributed by atoms with Crippen molar-refractivity contribution in [2.24, 2.45) is 0 Å². The van der Waals surface area contributed by atoms with Gasteiger partial charge in [-0.2, -0.15) is 0 Å². The van der Waals surface area contributed by atoms with Crippen molar-refractivity contribution in [3.8, 4) is 0 Å². The fourth-order valence-corrected chi connectivity index (χ4v) is 14.0. The van der Waals surface area contributed by atoms with Crippen LogP contribution >= 0.6 is 7.82 Å². The first-order valence-electron chi connectivity index (χ1n) is 38.8. The maximum Gasteiger partial charge on any atom is 0.472 e. The molecule has 24 nitrogen and oxygen atoms in total. The number of unbranched alkanes of at least 4 members (excludes halogenated alkanes) is 40. The van der Waals surface area contributed by atoms with Crippen LogP contribution in [0.5, 0.6) is 0 Å². The number of phosphoric ester groups is 1. The van der Waals surface area contributed by atoms with Gasteiger partial charge >= 0.3 is 25.7 Å². The molecule has 0 aromatic rings. The van der Waals surface area contributed by atoms with Crippen LogP contribution in [0.1, 0.15) is 316 Å². The summed E-state index contributed by atoms with van der Waals surface area (Å²) in [6, 6.07) is 0. The molecule has 25 heteroatoms. The number of aliphatic hydroxyl groups excluding tert-OH is 10. The van der Waals surface area contributed by atoms with Crippen molar-refractivity contribution in [3.63, 3.8) is 0 Å². The number of phosphoric acid groups is 1. The third-order valence-electron chi connectivity index (χ3n) is 19.4. The smallest absolute Gasteiger partial charge is 0.463 e. The van der Waals surface area contributed by atoms with Gasteiger partial charge in [-0.05, 0) is 19.3 Å². The molecule has 0 bridgehead atoms. The van der Waals surface area contributed by atoms with Crippen LogP contribution in [-0.4, -0.2) is 204 Å². The van der Waals surface area contributed by atoms with Crippen molar-refractivity contribution in [2.45, 2.75) is 420 Å². The minimum atomic E-state index is -5.69. The van der Waals surface area contributed by atoms with Crippen molar-refractivity contribution in [2.75, 3.05) is 26.4 Å². The van der Waals surface area contributed by atoms with E-state index >= 15 is 0 Å². The average molecular weight is 1430 g/mol. The van der Waals surface area contributed by atoms with Crippen LogP contribution in [0.25, 0.3) is 0 Å². The zero-order chi connectivity index (χ0) is 71.8. The predicted molar refractivity (Wildman–Crippen MR) is 370 cm³/mol. The molecule has 3 rings (SSSR count). The van der Waals surface area contributed by atoms with Gasteiger partial charge in [0.1, 0.15) is 98.7 Å². The zero-order valence-electron chi connectivity index (χ0n) is 60.3. The topological polar surface area (TPSA) is 374 Å². The minimum Gasteiger partial charge on any atom is -0.463 e. The summed E-state index contributed by atoms with van der Waals surface area (Å²) in [6.45, 7) is 3.48.